The maximum Gasteiger partial charge on any atom is 0.255 e. The molecule has 3 aromatic rings. The monoisotopic (exact) mass is 441 g/mol. The number of benzene rings is 3. The van der Waals surface area contributed by atoms with Crippen LogP contribution < -0.4 is 10.6 Å². The zero-order valence-corrected chi connectivity index (χ0v) is 18.4. The van der Waals surface area contributed by atoms with Gasteiger partial charge in [0.2, 0.25) is 5.91 Å². The Balaban J connectivity index is 1.36. The van der Waals surface area contributed by atoms with E-state index in [2.05, 4.69) is 10.6 Å². The fourth-order valence-electron chi connectivity index (χ4n) is 4.01. The number of hydrogen-bond donors (Lipinski definition) is 2. The molecule has 0 bridgehead atoms. The Morgan fingerprint density at radius 2 is 1.55 bits per heavy atom. The Hall–Kier alpha value is -3.93. The number of amides is 3. The summed E-state index contributed by atoms with van der Waals surface area (Å²) in [4.78, 5) is 40.0. The summed E-state index contributed by atoms with van der Waals surface area (Å²) in [5, 5.41) is 5.83. The van der Waals surface area contributed by atoms with Gasteiger partial charge in [-0.1, -0.05) is 54.6 Å². The fraction of sp³-hybridized carbons (Fsp3) is 0.222. The molecule has 0 radical (unpaired) electrons. The zero-order chi connectivity index (χ0) is 23.0. The third kappa shape index (κ3) is 5.86. The minimum Gasteiger partial charge on any atom is -0.352 e. The van der Waals surface area contributed by atoms with Crippen LogP contribution in [0.15, 0.2) is 84.9 Å². The third-order valence-corrected chi connectivity index (χ3v) is 5.79. The van der Waals surface area contributed by atoms with Crippen molar-refractivity contribution >= 4 is 23.4 Å². The van der Waals surface area contributed by atoms with Crippen molar-refractivity contribution < 1.29 is 14.4 Å². The summed E-state index contributed by atoms with van der Waals surface area (Å²) in [7, 11) is 0. The second-order valence-corrected chi connectivity index (χ2v) is 8.19. The van der Waals surface area contributed by atoms with E-state index in [4.69, 9.17) is 0 Å². The van der Waals surface area contributed by atoms with Crippen molar-refractivity contribution in [3.8, 4) is 0 Å². The number of piperidine rings is 1. The van der Waals surface area contributed by atoms with Gasteiger partial charge in [0.25, 0.3) is 11.8 Å². The first-order valence-electron chi connectivity index (χ1n) is 11.2. The maximum atomic E-state index is 13.1. The largest absolute Gasteiger partial charge is 0.352 e. The van der Waals surface area contributed by atoms with Crippen LogP contribution in [0.5, 0.6) is 0 Å². The summed E-state index contributed by atoms with van der Waals surface area (Å²) < 4.78 is 0. The average molecular weight is 442 g/mol. The molecule has 2 N–H and O–H groups in total. The Morgan fingerprint density at radius 3 is 2.30 bits per heavy atom. The van der Waals surface area contributed by atoms with Gasteiger partial charge in [-0.05, 0) is 48.7 Å². The number of carbonyl (C=O) groups is 3. The molecule has 0 saturated carbocycles. The maximum absolute atomic E-state index is 13.1. The van der Waals surface area contributed by atoms with Gasteiger partial charge in [-0.3, -0.25) is 14.4 Å². The summed E-state index contributed by atoms with van der Waals surface area (Å²) in [6.07, 6.45) is 1.54. The van der Waals surface area contributed by atoms with E-state index in [0.29, 0.717) is 36.4 Å². The molecule has 1 fully saturated rings. The predicted molar refractivity (Wildman–Crippen MR) is 128 cm³/mol. The van der Waals surface area contributed by atoms with Gasteiger partial charge in [0, 0.05) is 36.4 Å². The van der Waals surface area contributed by atoms with E-state index >= 15 is 0 Å². The van der Waals surface area contributed by atoms with Crippen LogP contribution in [0.2, 0.25) is 0 Å². The van der Waals surface area contributed by atoms with E-state index in [1.807, 2.05) is 36.4 Å². The first kappa shape index (κ1) is 22.3. The minimum absolute atomic E-state index is 0.0276. The highest BCUT2D eigenvalue weighted by Crippen LogP contribution is 2.21. The lowest BCUT2D eigenvalue weighted by atomic mass is 9.96. The van der Waals surface area contributed by atoms with Crippen molar-refractivity contribution in [2.24, 2.45) is 5.92 Å². The van der Waals surface area contributed by atoms with Crippen LogP contribution in [0.4, 0.5) is 5.69 Å². The van der Waals surface area contributed by atoms with Crippen LogP contribution in [0.3, 0.4) is 0 Å². The molecule has 0 aliphatic carbocycles. The highest BCUT2D eigenvalue weighted by molar-refractivity contribution is 6.05. The van der Waals surface area contributed by atoms with Crippen LogP contribution in [-0.4, -0.2) is 35.7 Å². The molecule has 0 aromatic heterocycles. The van der Waals surface area contributed by atoms with E-state index in [1.54, 1.807) is 53.4 Å². The molecule has 0 unspecified atom stereocenters. The molecule has 1 heterocycles. The first-order valence-corrected chi connectivity index (χ1v) is 11.2. The van der Waals surface area contributed by atoms with Gasteiger partial charge in [-0.2, -0.15) is 0 Å². The number of rotatable bonds is 6. The van der Waals surface area contributed by atoms with Gasteiger partial charge in [0.05, 0.1) is 5.92 Å². The van der Waals surface area contributed by atoms with Gasteiger partial charge in [-0.15, -0.1) is 0 Å². The SMILES string of the molecule is O=C(Nc1cccc(C(=O)N2CCC[C@H](C(=O)NCc3ccccc3)C2)c1)c1ccccc1. The van der Waals surface area contributed by atoms with Crippen molar-refractivity contribution in [2.45, 2.75) is 19.4 Å². The third-order valence-electron chi connectivity index (χ3n) is 5.79. The smallest absolute Gasteiger partial charge is 0.255 e. The van der Waals surface area contributed by atoms with E-state index in [-0.39, 0.29) is 23.6 Å². The molecular weight excluding hydrogens is 414 g/mol. The number of anilines is 1. The van der Waals surface area contributed by atoms with Crippen LogP contribution in [0.1, 0.15) is 39.1 Å². The molecule has 3 aromatic carbocycles. The van der Waals surface area contributed by atoms with Gasteiger partial charge >= 0.3 is 0 Å². The fourth-order valence-corrected chi connectivity index (χ4v) is 4.01. The Labute approximate surface area is 193 Å². The lowest BCUT2D eigenvalue weighted by Gasteiger charge is -2.32. The topological polar surface area (TPSA) is 78.5 Å². The van der Waals surface area contributed by atoms with Crippen LogP contribution in [-0.2, 0) is 11.3 Å². The minimum atomic E-state index is -0.229. The molecule has 168 valence electrons. The normalized spacial score (nSPS) is 15.5. The summed E-state index contributed by atoms with van der Waals surface area (Å²) in [6.45, 7) is 1.48. The van der Waals surface area contributed by atoms with E-state index in [9.17, 15) is 14.4 Å². The summed E-state index contributed by atoms with van der Waals surface area (Å²) in [5.74, 6) is -0.618. The zero-order valence-electron chi connectivity index (χ0n) is 18.4. The van der Waals surface area contributed by atoms with E-state index in [1.165, 1.54) is 0 Å². The number of nitrogens with one attached hydrogen (secondary N) is 2. The molecule has 6 nitrogen and oxygen atoms in total. The van der Waals surface area contributed by atoms with E-state index in [0.717, 1.165) is 18.4 Å². The molecule has 1 aliphatic heterocycles. The van der Waals surface area contributed by atoms with Crippen LogP contribution >= 0.6 is 0 Å². The van der Waals surface area contributed by atoms with Gasteiger partial charge in [-0.25, -0.2) is 0 Å². The lowest BCUT2D eigenvalue weighted by molar-refractivity contribution is -0.126. The van der Waals surface area contributed by atoms with Crippen LogP contribution in [0.25, 0.3) is 0 Å². The Morgan fingerprint density at radius 1 is 0.848 bits per heavy atom. The van der Waals surface area contributed by atoms with Gasteiger partial charge < -0.3 is 15.5 Å². The standard InChI is InChI=1S/C27H27N3O3/c31-25(28-18-20-9-3-1-4-10-20)23-14-8-16-30(19-23)27(33)22-13-7-15-24(17-22)29-26(32)21-11-5-2-6-12-21/h1-7,9-13,15,17,23H,8,14,16,18-19H2,(H,28,31)(H,29,32)/t23-/m0/s1. The Bertz CT molecular complexity index is 1120. The molecular formula is C27H27N3O3. The molecule has 1 saturated heterocycles. The Kier molecular flexibility index (Phi) is 7.15. The van der Waals surface area contributed by atoms with Crippen molar-refractivity contribution in [1.29, 1.82) is 0 Å². The number of carbonyl (C=O) groups excluding carboxylic acids is 3. The second-order valence-electron chi connectivity index (χ2n) is 8.19. The van der Waals surface area contributed by atoms with E-state index < -0.39 is 0 Å². The van der Waals surface area contributed by atoms with Gasteiger partial charge in [0.15, 0.2) is 0 Å². The lowest BCUT2D eigenvalue weighted by Crippen LogP contribution is -2.45. The number of nitrogens with zero attached hydrogens (tertiary/aromatic N) is 1. The quantitative estimate of drug-likeness (QED) is 0.604. The highest BCUT2D eigenvalue weighted by atomic mass is 16.2. The molecule has 0 spiro atoms. The molecule has 1 aliphatic rings. The first-order chi connectivity index (χ1) is 16.1. The average Bonchev–Trinajstić information content (AvgIpc) is 2.88. The van der Waals surface area contributed by atoms with Crippen molar-refractivity contribution in [3.63, 3.8) is 0 Å². The molecule has 4 rings (SSSR count). The van der Waals surface area contributed by atoms with Gasteiger partial charge in [0.1, 0.15) is 0 Å². The molecule has 1 atom stereocenters. The number of hydrogen-bond acceptors (Lipinski definition) is 3. The molecule has 33 heavy (non-hydrogen) atoms. The van der Waals surface area contributed by atoms with Crippen LogP contribution in [0, 0.1) is 5.92 Å². The second kappa shape index (κ2) is 10.6. The molecule has 6 heteroatoms. The summed E-state index contributed by atoms with van der Waals surface area (Å²) in [5.41, 5.74) is 2.65. The molecule has 3 amide bonds. The van der Waals surface area contributed by atoms with Crippen molar-refractivity contribution in [1.82, 2.24) is 10.2 Å². The predicted octanol–water partition coefficient (Wildman–Crippen LogP) is 4.11. The highest BCUT2D eigenvalue weighted by Gasteiger charge is 2.29. The van der Waals surface area contributed by atoms with Crippen molar-refractivity contribution in [3.05, 3.63) is 102 Å². The van der Waals surface area contributed by atoms with Crippen molar-refractivity contribution in [2.75, 3.05) is 18.4 Å². The summed E-state index contributed by atoms with van der Waals surface area (Å²) >= 11 is 0. The summed E-state index contributed by atoms with van der Waals surface area (Å²) in [6, 6.07) is 25.6. The number of likely N-dealkylation sites (tertiary alicyclic amines) is 1.